The van der Waals surface area contributed by atoms with Crippen molar-refractivity contribution in [1.29, 1.82) is 0 Å². The maximum atomic E-state index is 15.3. The summed E-state index contributed by atoms with van der Waals surface area (Å²) in [7, 11) is 0. The zero-order valence-corrected chi connectivity index (χ0v) is 19.9. The van der Waals surface area contributed by atoms with Crippen molar-refractivity contribution in [1.82, 2.24) is 19.9 Å². The van der Waals surface area contributed by atoms with Gasteiger partial charge in [0.15, 0.2) is 17.9 Å². The average Bonchev–Trinajstić information content (AvgIpc) is 3.54. The summed E-state index contributed by atoms with van der Waals surface area (Å²) < 4.78 is 32.1. The van der Waals surface area contributed by atoms with Crippen LogP contribution in [-0.4, -0.2) is 51.7 Å². The number of hydrogen-bond acceptors (Lipinski definition) is 7. The molecule has 0 aliphatic carbocycles. The van der Waals surface area contributed by atoms with E-state index in [1.807, 2.05) is 37.5 Å². The zero-order valence-electron chi connectivity index (χ0n) is 19.9. The molecule has 2 bridgehead atoms. The number of halogens is 2. The monoisotopic (exact) mass is 478 g/mol. The summed E-state index contributed by atoms with van der Waals surface area (Å²) in [4.78, 5) is 17.1. The molecule has 182 valence electrons. The first-order valence-electron chi connectivity index (χ1n) is 11.9. The standard InChI is InChI=1S/C25H28F2N8/c1-13(2)35-14(3)31-24-19(26)6-15(7-21(24)35)23-20(27)12-34(25(28)32-23)22-5-4-17(9-30-22)33-11-16-8-18(33)10-29-16/h4-7,9,12-13,16,18,25,29H,8,10-11,28H2,1-3H3. The molecule has 1 aromatic carbocycles. The molecule has 10 heteroatoms. The van der Waals surface area contributed by atoms with Crippen LogP contribution < -0.4 is 20.9 Å². The smallest absolute Gasteiger partial charge is 0.179 e. The third-order valence-corrected chi connectivity index (χ3v) is 7.12. The number of benzene rings is 1. The van der Waals surface area contributed by atoms with Crippen LogP contribution in [0.3, 0.4) is 0 Å². The summed E-state index contributed by atoms with van der Waals surface area (Å²) in [6.07, 6.45) is 3.33. The summed E-state index contributed by atoms with van der Waals surface area (Å²) in [5.41, 5.74) is 8.54. The Morgan fingerprint density at radius 2 is 2.03 bits per heavy atom. The minimum Gasteiger partial charge on any atom is -0.364 e. The zero-order chi connectivity index (χ0) is 24.4. The van der Waals surface area contributed by atoms with E-state index in [0.29, 0.717) is 34.8 Å². The Labute approximate surface area is 202 Å². The number of rotatable bonds is 4. The average molecular weight is 479 g/mol. The van der Waals surface area contributed by atoms with Crippen LogP contribution >= 0.6 is 0 Å². The van der Waals surface area contributed by atoms with Crippen molar-refractivity contribution in [2.75, 3.05) is 22.9 Å². The van der Waals surface area contributed by atoms with Gasteiger partial charge in [-0.3, -0.25) is 10.6 Å². The van der Waals surface area contributed by atoms with Gasteiger partial charge in [0.05, 0.1) is 17.4 Å². The number of piperazine rings is 1. The number of nitrogens with two attached hydrogens (primary N) is 1. The van der Waals surface area contributed by atoms with Crippen molar-refractivity contribution in [2.45, 2.75) is 51.6 Å². The minimum atomic E-state index is -0.898. The van der Waals surface area contributed by atoms with Crippen LogP contribution in [0.25, 0.3) is 11.0 Å². The maximum Gasteiger partial charge on any atom is 0.179 e. The van der Waals surface area contributed by atoms with Gasteiger partial charge in [0.25, 0.3) is 0 Å². The van der Waals surface area contributed by atoms with Gasteiger partial charge in [0.2, 0.25) is 0 Å². The van der Waals surface area contributed by atoms with E-state index in [1.54, 1.807) is 12.3 Å². The highest BCUT2D eigenvalue weighted by Crippen LogP contribution is 2.31. The molecule has 0 spiro atoms. The normalized spacial score (nSPS) is 24.0. The molecule has 35 heavy (non-hydrogen) atoms. The highest BCUT2D eigenvalue weighted by Gasteiger charge is 2.37. The SMILES string of the molecule is Cc1nc2c(F)cc(C3=NC(N)N(c4ccc(N5CC6CC5CN6)cn4)C=C3F)cc2n1C(C)C. The molecule has 3 aromatic rings. The summed E-state index contributed by atoms with van der Waals surface area (Å²) in [5, 5.41) is 3.49. The molecular weight excluding hydrogens is 450 g/mol. The van der Waals surface area contributed by atoms with E-state index in [2.05, 4.69) is 25.2 Å². The van der Waals surface area contributed by atoms with Crippen molar-refractivity contribution in [2.24, 2.45) is 10.7 Å². The largest absolute Gasteiger partial charge is 0.364 e. The molecule has 3 unspecified atom stereocenters. The van der Waals surface area contributed by atoms with E-state index in [0.717, 1.165) is 25.2 Å². The molecule has 0 saturated carbocycles. The van der Waals surface area contributed by atoms with Gasteiger partial charge in [-0.05, 0) is 51.5 Å². The molecule has 3 N–H and O–H groups in total. The fraction of sp³-hybridized carbons (Fsp3) is 0.400. The molecule has 3 aliphatic heterocycles. The Morgan fingerprint density at radius 1 is 1.20 bits per heavy atom. The maximum absolute atomic E-state index is 15.3. The Bertz CT molecular complexity index is 1360. The van der Waals surface area contributed by atoms with E-state index in [4.69, 9.17) is 5.73 Å². The topological polar surface area (TPSA) is 87.6 Å². The lowest BCUT2D eigenvalue weighted by atomic mass is 10.1. The molecule has 5 heterocycles. The summed E-state index contributed by atoms with van der Waals surface area (Å²) in [6.45, 7) is 7.77. The molecule has 3 aliphatic rings. The Balaban J connectivity index is 1.29. The minimum absolute atomic E-state index is 0.0147. The number of hydrogen-bond donors (Lipinski definition) is 2. The van der Waals surface area contributed by atoms with Gasteiger partial charge in [0, 0.05) is 43.0 Å². The number of aromatic nitrogens is 3. The first kappa shape index (κ1) is 22.1. The van der Waals surface area contributed by atoms with Gasteiger partial charge in [-0.1, -0.05) is 0 Å². The van der Waals surface area contributed by atoms with Crippen molar-refractivity contribution in [3.63, 3.8) is 0 Å². The Hall–Kier alpha value is -3.37. The van der Waals surface area contributed by atoms with Gasteiger partial charge in [-0.15, -0.1) is 0 Å². The number of nitrogens with zero attached hydrogens (tertiary/aromatic N) is 6. The second-order valence-electron chi connectivity index (χ2n) is 9.75. The molecule has 6 rings (SSSR count). The van der Waals surface area contributed by atoms with Crippen LogP contribution in [0, 0.1) is 12.7 Å². The predicted molar refractivity (Wildman–Crippen MR) is 133 cm³/mol. The van der Waals surface area contributed by atoms with Crippen LogP contribution in [0.4, 0.5) is 20.3 Å². The third kappa shape index (κ3) is 3.59. The number of aryl methyl sites for hydroxylation is 1. The van der Waals surface area contributed by atoms with E-state index >= 15 is 4.39 Å². The van der Waals surface area contributed by atoms with Gasteiger partial charge in [-0.25, -0.2) is 23.7 Å². The van der Waals surface area contributed by atoms with Crippen molar-refractivity contribution in [3.8, 4) is 0 Å². The van der Waals surface area contributed by atoms with Gasteiger partial charge in [0.1, 0.15) is 22.9 Å². The molecule has 2 aromatic heterocycles. The van der Waals surface area contributed by atoms with Crippen molar-refractivity contribution < 1.29 is 8.78 Å². The molecule has 3 atom stereocenters. The number of anilines is 2. The van der Waals surface area contributed by atoms with Gasteiger partial charge < -0.3 is 14.8 Å². The van der Waals surface area contributed by atoms with Crippen molar-refractivity contribution >= 4 is 28.3 Å². The molecule has 2 fully saturated rings. The summed E-state index contributed by atoms with van der Waals surface area (Å²) in [5.74, 6) is 0.0704. The number of fused-ring (bicyclic) bond motifs is 3. The van der Waals surface area contributed by atoms with Crippen LogP contribution in [0.2, 0.25) is 0 Å². The molecule has 0 amide bonds. The number of allylic oxidation sites excluding steroid dienone is 1. The summed E-state index contributed by atoms with van der Waals surface area (Å²) in [6, 6.07) is 7.89. The second kappa shape index (κ2) is 8.10. The van der Waals surface area contributed by atoms with E-state index in [9.17, 15) is 4.39 Å². The van der Waals surface area contributed by atoms with Crippen molar-refractivity contribution in [3.05, 3.63) is 59.7 Å². The van der Waals surface area contributed by atoms with E-state index in [1.165, 1.54) is 17.2 Å². The number of pyridine rings is 1. The van der Waals surface area contributed by atoms with Gasteiger partial charge in [-0.2, -0.15) is 0 Å². The molecular formula is C25H28F2N8. The fourth-order valence-electron chi connectivity index (χ4n) is 5.57. The highest BCUT2D eigenvalue weighted by atomic mass is 19.1. The molecule has 0 radical (unpaired) electrons. The van der Waals surface area contributed by atoms with Crippen LogP contribution in [-0.2, 0) is 0 Å². The lowest BCUT2D eigenvalue weighted by Crippen LogP contribution is -2.44. The van der Waals surface area contributed by atoms with E-state index in [-0.39, 0.29) is 17.3 Å². The van der Waals surface area contributed by atoms with Crippen LogP contribution in [0.15, 0.2) is 47.5 Å². The number of aliphatic imine (C=N–C) groups is 1. The number of imidazole rings is 1. The van der Waals surface area contributed by atoms with Crippen LogP contribution in [0.5, 0.6) is 0 Å². The van der Waals surface area contributed by atoms with Crippen LogP contribution in [0.1, 0.15) is 37.7 Å². The van der Waals surface area contributed by atoms with Gasteiger partial charge >= 0.3 is 0 Å². The molecule has 8 nitrogen and oxygen atoms in total. The Kier molecular flexibility index (Phi) is 5.12. The Morgan fingerprint density at radius 3 is 2.69 bits per heavy atom. The third-order valence-electron chi connectivity index (χ3n) is 7.12. The highest BCUT2D eigenvalue weighted by molar-refractivity contribution is 6.13. The first-order chi connectivity index (χ1) is 16.8. The first-order valence-corrected chi connectivity index (χ1v) is 11.9. The van der Waals surface area contributed by atoms with E-state index < -0.39 is 17.9 Å². The summed E-state index contributed by atoms with van der Waals surface area (Å²) >= 11 is 0. The predicted octanol–water partition coefficient (Wildman–Crippen LogP) is 3.37. The fourth-order valence-corrected chi connectivity index (χ4v) is 5.57. The second-order valence-corrected chi connectivity index (χ2v) is 9.75. The quantitative estimate of drug-likeness (QED) is 0.598. The molecule has 2 saturated heterocycles. The lowest BCUT2D eigenvalue weighted by molar-refractivity contribution is 0.579. The number of nitrogens with one attached hydrogen (secondary N) is 1. The lowest BCUT2D eigenvalue weighted by Gasteiger charge is -2.31.